The van der Waals surface area contributed by atoms with Crippen LogP contribution in [0.25, 0.3) is 0 Å². The summed E-state index contributed by atoms with van der Waals surface area (Å²) in [5, 5.41) is 0.657. The van der Waals surface area contributed by atoms with Crippen LogP contribution in [-0.4, -0.2) is 13.2 Å². The van der Waals surface area contributed by atoms with Crippen LogP contribution in [-0.2, 0) is 5.54 Å². The molecule has 2 aliphatic rings. The maximum atomic E-state index is 6.46. The molecular weight excluding hydrogens is 262 g/mol. The van der Waals surface area contributed by atoms with Gasteiger partial charge >= 0.3 is 0 Å². The second kappa shape index (κ2) is 4.88. The molecule has 2 aliphatic carbocycles. The molecule has 0 spiro atoms. The van der Waals surface area contributed by atoms with Crippen molar-refractivity contribution in [2.75, 3.05) is 7.11 Å². The summed E-state index contributed by atoms with van der Waals surface area (Å²) in [4.78, 5) is 0. The summed E-state index contributed by atoms with van der Waals surface area (Å²) in [5.41, 5.74) is 7.17. The standard InChI is InChI=1S/C15H20ClNO2/c1-18-13-9-10(16)8-12(15(17)6-3-7-15)14(13)19-11-4-2-5-11/h8-9,11H,2-7,17H2,1H3. The number of benzene rings is 1. The first-order chi connectivity index (χ1) is 9.12. The zero-order valence-corrected chi connectivity index (χ0v) is 12.0. The van der Waals surface area contributed by atoms with Crippen molar-refractivity contribution in [1.29, 1.82) is 0 Å². The van der Waals surface area contributed by atoms with Gasteiger partial charge in [0.2, 0.25) is 0 Å². The summed E-state index contributed by atoms with van der Waals surface area (Å²) in [5.74, 6) is 1.50. The maximum absolute atomic E-state index is 6.46. The summed E-state index contributed by atoms with van der Waals surface area (Å²) in [6.45, 7) is 0. The van der Waals surface area contributed by atoms with Crippen LogP contribution < -0.4 is 15.2 Å². The van der Waals surface area contributed by atoms with Gasteiger partial charge in [-0.1, -0.05) is 11.6 Å². The molecular formula is C15H20ClNO2. The van der Waals surface area contributed by atoms with Crippen molar-refractivity contribution in [2.24, 2.45) is 5.73 Å². The summed E-state index contributed by atoms with van der Waals surface area (Å²) in [7, 11) is 1.65. The van der Waals surface area contributed by atoms with Crippen molar-refractivity contribution >= 4 is 11.6 Å². The lowest BCUT2D eigenvalue weighted by molar-refractivity contribution is 0.109. The first kappa shape index (κ1) is 13.1. The number of rotatable bonds is 4. The molecule has 3 nitrogen and oxygen atoms in total. The highest BCUT2D eigenvalue weighted by Gasteiger charge is 2.39. The van der Waals surface area contributed by atoms with E-state index in [2.05, 4.69) is 0 Å². The second-order valence-electron chi connectivity index (χ2n) is 5.67. The molecule has 19 heavy (non-hydrogen) atoms. The molecule has 104 valence electrons. The minimum atomic E-state index is -0.294. The van der Waals surface area contributed by atoms with Gasteiger partial charge < -0.3 is 15.2 Å². The van der Waals surface area contributed by atoms with E-state index >= 15 is 0 Å². The quantitative estimate of drug-likeness (QED) is 0.917. The van der Waals surface area contributed by atoms with Crippen molar-refractivity contribution in [3.63, 3.8) is 0 Å². The van der Waals surface area contributed by atoms with Crippen LogP contribution in [0.4, 0.5) is 0 Å². The monoisotopic (exact) mass is 281 g/mol. The van der Waals surface area contributed by atoms with Crippen LogP contribution in [0.5, 0.6) is 11.5 Å². The Bertz CT molecular complexity index is 481. The van der Waals surface area contributed by atoms with Crippen molar-refractivity contribution < 1.29 is 9.47 Å². The molecule has 1 aromatic rings. The Morgan fingerprint density at radius 2 is 2.00 bits per heavy atom. The summed E-state index contributed by atoms with van der Waals surface area (Å²) in [6.07, 6.45) is 6.90. The van der Waals surface area contributed by atoms with E-state index in [-0.39, 0.29) is 5.54 Å². The topological polar surface area (TPSA) is 44.5 Å². The first-order valence-electron chi connectivity index (χ1n) is 6.96. The molecule has 2 fully saturated rings. The number of nitrogens with two attached hydrogens (primary N) is 1. The Morgan fingerprint density at radius 3 is 2.47 bits per heavy atom. The fourth-order valence-corrected chi connectivity index (χ4v) is 2.90. The fourth-order valence-electron chi connectivity index (χ4n) is 2.69. The Labute approximate surface area is 119 Å². The summed E-state index contributed by atoms with van der Waals surface area (Å²) >= 11 is 6.18. The highest BCUT2D eigenvalue weighted by molar-refractivity contribution is 6.30. The van der Waals surface area contributed by atoms with Gasteiger partial charge in [-0.3, -0.25) is 0 Å². The minimum Gasteiger partial charge on any atom is -0.493 e. The molecule has 0 aliphatic heterocycles. The maximum Gasteiger partial charge on any atom is 0.166 e. The van der Waals surface area contributed by atoms with Crippen LogP contribution >= 0.6 is 11.6 Å². The van der Waals surface area contributed by atoms with Crippen LogP contribution in [0.1, 0.15) is 44.1 Å². The van der Waals surface area contributed by atoms with Crippen molar-refractivity contribution in [3.05, 3.63) is 22.7 Å². The third kappa shape index (κ3) is 2.30. The van der Waals surface area contributed by atoms with Crippen LogP contribution in [0.2, 0.25) is 5.02 Å². The highest BCUT2D eigenvalue weighted by atomic mass is 35.5. The van der Waals surface area contributed by atoms with Gasteiger partial charge in [0.1, 0.15) is 0 Å². The van der Waals surface area contributed by atoms with E-state index in [0.29, 0.717) is 16.9 Å². The third-order valence-corrected chi connectivity index (χ3v) is 4.58. The molecule has 0 unspecified atom stereocenters. The Kier molecular flexibility index (Phi) is 3.35. The average molecular weight is 282 g/mol. The van der Waals surface area contributed by atoms with Crippen LogP contribution in [0.3, 0.4) is 0 Å². The Balaban J connectivity index is 2.00. The van der Waals surface area contributed by atoms with Crippen molar-refractivity contribution in [3.8, 4) is 11.5 Å². The molecule has 4 heteroatoms. The molecule has 0 heterocycles. The van der Waals surface area contributed by atoms with E-state index in [1.807, 2.05) is 6.07 Å². The van der Waals surface area contributed by atoms with Crippen LogP contribution in [0.15, 0.2) is 12.1 Å². The number of hydrogen-bond donors (Lipinski definition) is 1. The molecule has 2 saturated carbocycles. The SMILES string of the molecule is COc1cc(Cl)cc(C2(N)CCC2)c1OC1CCC1. The number of hydrogen-bond acceptors (Lipinski definition) is 3. The van der Waals surface area contributed by atoms with Gasteiger partial charge in [0, 0.05) is 22.2 Å². The van der Waals surface area contributed by atoms with E-state index in [1.165, 1.54) is 6.42 Å². The lowest BCUT2D eigenvalue weighted by Crippen LogP contribution is -2.44. The molecule has 2 N–H and O–H groups in total. The van der Waals surface area contributed by atoms with E-state index in [1.54, 1.807) is 13.2 Å². The lowest BCUT2D eigenvalue weighted by atomic mass is 9.72. The predicted octanol–water partition coefficient (Wildman–Crippen LogP) is 3.62. The second-order valence-corrected chi connectivity index (χ2v) is 6.10. The van der Waals surface area contributed by atoms with Crippen LogP contribution in [0, 0.1) is 0 Å². The van der Waals surface area contributed by atoms with Gasteiger partial charge in [0.15, 0.2) is 11.5 Å². The Hall–Kier alpha value is -0.930. The predicted molar refractivity (Wildman–Crippen MR) is 76.0 cm³/mol. The molecule has 0 bridgehead atoms. The lowest BCUT2D eigenvalue weighted by Gasteiger charge is -2.40. The largest absolute Gasteiger partial charge is 0.493 e. The van der Waals surface area contributed by atoms with E-state index in [4.69, 9.17) is 26.8 Å². The molecule has 0 amide bonds. The number of methoxy groups -OCH3 is 1. The van der Waals surface area contributed by atoms with Gasteiger partial charge in [-0.05, 0) is 44.6 Å². The molecule has 0 radical (unpaired) electrons. The molecule has 1 aromatic carbocycles. The third-order valence-electron chi connectivity index (χ3n) is 4.36. The molecule has 3 rings (SSSR count). The first-order valence-corrected chi connectivity index (χ1v) is 7.34. The zero-order valence-electron chi connectivity index (χ0n) is 11.2. The van der Waals surface area contributed by atoms with Gasteiger partial charge in [-0.2, -0.15) is 0 Å². The van der Waals surface area contributed by atoms with E-state index < -0.39 is 0 Å². The minimum absolute atomic E-state index is 0.294. The normalized spacial score (nSPS) is 21.4. The van der Waals surface area contributed by atoms with E-state index in [9.17, 15) is 0 Å². The van der Waals surface area contributed by atoms with Gasteiger partial charge in [0.05, 0.1) is 13.2 Å². The smallest absolute Gasteiger partial charge is 0.166 e. The summed E-state index contributed by atoms with van der Waals surface area (Å²) in [6, 6.07) is 3.75. The molecule has 0 atom stereocenters. The fraction of sp³-hybridized carbons (Fsp3) is 0.600. The van der Waals surface area contributed by atoms with E-state index in [0.717, 1.165) is 43.4 Å². The van der Waals surface area contributed by atoms with Gasteiger partial charge in [-0.25, -0.2) is 0 Å². The molecule has 0 saturated heterocycles. The van der Waals surface area contributed by atoms with Gasteiger partial charge in [-0.15, -0.1) is 0 Å². The van der Waals surface area contributed by atoms with Gasteiger partial charge in [0.25, 0.3) is 0 Å². The average Bonchev–Trinajstić information content (AvgIpc) is 2.31. The number of ether oxygens (including phenoxy) is 2. The zero-order chi connectivity index (χ0) is 13.5. The number of halogens is 1. The van der Waals surface area contributed by atoms with Crippen molar-refractivity contribution in [1.82, 2.24) is 0 Å². The summed E-state index contributed by atoms with van der Waals surface area (Å²) < 4.78 is 11.6. The molecule has 0 aromatic heterocycles. The highest BCUT2D eigenvalue weighted by Crippen LogP contribution is 2.48. The van der Waals surface area contributed by atoms with Crippen molar-refractivity contribution in [2.45, 2.75) is 50.2 Å². The Morgan fingerprint density at radius 1 is 1.26 bits per heavy atom.